The third-order valence-electron chi connectivity index (χ3n) is 5.99. The molecule has 0 spiro atoms. The molecule has 1 saturated heterocycles. The van der Waals surface area contributed by atoms with Crippen molar-refractivity contribution in [3.8, 4) is 0 Å². The van der Waals surface area contributed by atoms with Crippen LogP contribution in [-0.2, 0) is 20.6 Å². The van der Waals surface area contributed by atoms with Crippen LogP contribution in [0.5, 0.6) is 0 Å². The zero-order valence-electron chi connectivity index (χ0n) is 17.9. The van der Waals surface area contributed by atoms with E-state index in [4.69, 9.17) is 0 Å². The van der Waals surface area contributed by atoms with Gasteiger partial charge in [-0.1, -0.05) is 31.4 Å². The Morgan fingerprint density at radius 3 is 2.28 bits per heavy atom. The first kappa shape index (κ1) is 24.0. The van der Waals surface area contributed by atoms with E-state index in [-0.39, 0.29) is 36.5 Å². The van der Waals surface area contributed by atoms with Crippen LogP contribution in [0.4, 0.5) is 18.9 Å². The number of carbonyl (C=O) groups is 3. The first-order chi connectivity index (χ1) is 15.2. The van der Waals surface area contributed by atoms with Crippen LogP contribution in [0.25, 0.3) is 0 Å². The van der Waals surface area contributed by atoms with Crippen LogP contribution in [0.2, 0.25) is 0 Å². The van der Waals surface area contributed by atoms with E-state index in [1.54, 1.807) is 9.80 Å². The summed E-state index contributed by atoms with van der Waals surface area (Å²) in [6.07, 6.45) is 0.428. The van der Waals surface area contributed by atoms with Gasteiger partial charge in [-0.2, -0.15) is 13.2 Å². The first-order valence-electron chi connectivity index (χ1n) is 11.0. The molecule has 1 heterocycles. The third kappa shape index (κ3) is 6.69. The summed E-state index contributed by atoms with van der Waals surface area (Å²) in [7, 11) is 0. The second kappa shape index (κ2) is 10.8. The van der Waals surface area contributed by atoms with Crippen LogP contribution in [0.15, 0.2) is 24.3 Å². The minimum atomic E-state index is -4.55. The van der Waals surface area contributed by atoms with E-state index in [1.807, 2.05) is 0 Å². The SMILES string of the molecule is O=C(CN1CCN(C(=O)CNC(=O)C2CCCCC2)CC1)Nc1ccccc1C(F)(F)F. The van der Waals surface area contributed by atoms with E-state index >= 15 is 0 Å². The highest BCUT2D eigenvalue weighted by atomic mass is 19.4. The van der Waals surface area contributed by atoms with Crippen molar-refractivity contribution in [3.63, 3.8) is 0 Å². The molecule has 1 aromatic carbocycles. The van der Waals surface area contributed by atoms with E-state index in [9.17, 15) is 27.6 Å². The molecule has 2 aliphatic rings. The van der Waals surface area contributed by atoms with Crippen molar-refractivity contribution in [2.45, 2.75) is 38.3 Å². The fourth-order valence-electron chi connectivity index (χ4n) is 4.17. The maximum Gasteiger partial charge on any atom is 0.418 e. The molecule has 1 saturated carbocycles. The molecule has 3 amide bonds. The second-order valence-corrected chi connectivity index (χ2v) is 8.30. The van der Waals surface area contributed by atoms with Crippen LogP contribution in [0.1, 0.15) is 37.7 Å². The van der Waals surface area contributed by atoms with Gasteiger partial charge in [0.1, 0.15) is 0 Å². The summed E-state index contributed by atoms with van der Waals surface area (Å²) in [6, 6.07) is 4.85. The molecule has 0 atom stereocenters. The monoisotopic (exact) mass is 454 g/mol. The number of nitrogens with one attached hydrogen (secondary N) is 2. The lowest BCUT2D eigenvalue weighted by atomic mass is 9.89. The summed E-state index contributed by atoms with van der Waals surface area (Å²) in [6.45, 7) is 1.54. The fourth-order valence-corrected chi connectivity index (χ4v) is 4.17. The van der Waals surface area contributed by atoms with E-state index in [1.165, 1.54) is 18.2 Å². The predicted octanol–water partition coefficient (Wildman–Crippen LogP) is 2.48. The number of hydrogen-bond acceptors (Lipinski definition) is 4. The van der Waals surface area contributed by atoms with E-state index in [0.29, 0.717) is 26.2 Å². The number of piperazine rings is 1. The molecular weight excluding hydrogens is 425 g/mol. The lowest BCUT2D eigenvalue weighted by Crippen LogP contribution is -2.52. The standard InChI is InChI=1S/C22H29F3N4O3/c23-22(24,25)17-8-4-5-9-18(17)27-19(30)15-28-10-12-29(13-11-28)20(31)14-26-21(32)16-6-2-1-3-7-16/h4-5,8-9,16H,1-3,6-7,10-15H2,(H,26,32)(H,27,30). The Bertz CT molecular complexity index is 817. The number of rotatable bonds is 6. The van der Waals surface area contributed by atoms with Gasteiger partial charge in [0.25, 0.3) is 0 Å². The zero-order chi connectivity index (χ0) is 23.1. The second-order valence-electron chi connectivity index (χ2n) is 8.30. The minimum absolute atomic E-state index is 0.00520. The van der Waals surface area contributed by atoms with E-state index in [2.05, 4.69) is 10.6 Å². The lowest BCUT2D eigenvalue weighted by Gasteiger charge is -2.34. The first-order valence-corrected chi connectivity index (χ1v) is 11.0. The van der Waals surface area contributed by atoms with Gasteiger partial charge in [0, 0.05) is 32.1 Å². The number of hydrogen-bond donors (Lipinski definition) is 2. The molecule has 10 heteroatoms. The molecule has 0 radical (unpaired) electrons. The topological polar surface area (TPSA) is 81.8 Å². The van der Waals surface area contributed by atoms with Crippen molar-refractivity contribution in [3.05, 3.63) is 29.8 Å². The maximum atomic E-state index is 13.1. The summed E-state index contributed by atoms with van der Waals surface area (Å²) in [5, 5.41) is 5.07. The molecule has 3 rings (SSSR count). The number of anilines is 1. The Hall–Kier alpha value is -2.62. The molecule has 2 fully saturated rings. The normalized spacial score (nSPS) is 18.3. The number of nitrogens with zero attached hydrogens (tertiary/aromatic N) is 2. The van der Waals surface area contributed by atoms with Crippen LogP contribution in [-0.4, -0.2) is 66.8 Å². The number of alkyl halides is 3. The molecule has 7 nitrogen and oxygen atoms in total. The molecule has 0 unspecified atom stereocenters. The molecule has 2 N–H and O–H groups in total. The summed E-state index contributed by atoms with van der Waals surface area (Å²) < 4.78 is 39.2. The van der Waals surface area contributed by atoms with Gasteiger partial charge in [0.2, 0.25) is 17.7 Å². The quantitative estimate of drug-likeness (QED) is 0.692. The maximum absolute atomic E-state index is 13.1. The van der Waals surface area contributed by atoms with Crippen molar-refractivity contribution < 1.29 is 27.6 Å². The van der Waals surface area contributed by atoms with Crippen LogP contribution < -0.4 is 10.6 Å². The highest BCUT2D eigenvalue weighted by Crippen LogP contribution is 2.34. The van der Waals surface area contributed by atoms with Gasteiger partial charge in [-0.25, -0.2) is 0 Å². The number of halogens is 3. The van der Waals surface area contributed by atoms with Crippen molar-refractivity contribution >= 4 is 23.4 Å². The van der Waals surface area contributed by atoms with Gasteiger partial charge in [-0.15, -0.1) is 0 Å². The van der Waals surface area contributed by atoms with Crippen molar-refractivity contribution in [2.24, 2.45) is 5.92 Å². The molecule has 32 heavy (non-hydrogen) atoms. The minimum Gasteiger partial charge on any atom is -0.347 e. The van der Waals surface area contributed by atoms with Crippen molar-refractivity contribution in [2.75, 3.05) is 44.6 Å². The zero-order valence-corrected chi connectivity index (χ0v) is 17.9. The third-order valence-corrected chi connectivity index (χ3v) is 5.99. The highest BCUT2D eigenvalue weighted by Gasteiger charge is 2.33. The largest absolute Gasteiger partial charge is 0.418 e. The molecular formula is C22H29F3N4O3. The average molecular weight is 454 g/mol. The van der Waals surface area contributed by atoms with Crippen LogP contribution >= 0.6 is 0 Å². The highest BCUT2D eigenvalue weighted by molar-refractivity contribution is 5.93. The lowest BCUT2D eigenvalue weighted by molar-refractivity contribution is -0.137. The Balaban J connectivity index is 1.40. The summed E-state index contributed by atoms with van der Waals surface area (Å²) in [4.78, 5) is 40.3. The summed E-state index contributed by atoms with van der Waals surface area (Å²) in [5.74, 6) is -0.777. The Labute approximate surface area is 185 Å². The Morgan fingerprint density at radius 2 is 1.62 bits per heavy atom. The van der Waals surface area contributed by atoms with Crippen molar-refractivity contribution in [1.29, 1.82) is 0 Å². The fraction of sp³-hybridized carbons (Fsp3) is 0.591. The van der Waals surface area contributed by atoms with Crippen molar-refractivity contribution in [1.82, 2.24) is 15.1 Å². The van der Waals surface area contributed by atoms with Gasteiger partial charge >= 0.3 is 6.18 Å². The van der Waals surface area contributed by atoms with Crippen LogP contribution in [0, 0.1) is 5.92 Å². The van der Waals surface area contributed by atoms with Gasteiger partial charge < -0.3 is 15.5 Å². The van der Waals surface area contributed by atoms with Crippen LogP contribution in [0.3, 0.4) is 0 Å². The Morgan fingerprint density at radius 1 is 0.969 bits per heavy atom. The molecule has 1 aromatic rings. The van der Waals surface area contributed by atoms with Gasteiger partial charge in [-0.05, 0) is 25.0 Å². The predicted molar refractivity (Wildman–Crippen MR) is 113 cm³/mol. The smallest absolute Gasteiger partial charge is 0.347 e. The summed E-state index contributed by atoms with van der Waals surface area (Å²) in [5.41, 5.74) is -1.16. The molecule has 0 bridgehead atoms. The average Bonchev–Trinajstić information content (AvgIpc) is 2.78. The number of para-hydroxylation sites is 1. The molecule has 1 aliphatic carbocycles. The van der Waals surface area contributed by atoms with E-state index < -0.39 is 17.6 Å². The van der Waals surface area contributed by atoms with E-state index in [0.717, 1.165) is 38.2 Å². The molecule has 0 aromatic heterocycles. The number of amides is 3. The Kier molecular flexibility index (Phi) is 8.11. The number of carbonyl (C=O) groups excluding carboxylic acids is 3. The van der Waals surface area contributed by atoms with Gasteiger partial charge in [0.15, 0.2) is 0 Å². The molecule has 176 valence electrons. The van der Waals surface area contributed by atoms with Gasteiger partial charge in [-0.3, -0.25) is 19.3 Å². The number of benzene rings is 1. The summed E-state index contributed by atoms with van der Waals surface area (Å²) >= 11 is 0. The van der Waals surface area contributed by atoms with Gasteiger partial charge in [0.05, 0.1) is 24.3 Å². The molecule has 1 aliphatic heterocycles.